The molecule has 0 spiro atoms. The summed E-state index contributed by atoms with van der Waals surface area (Å²) in [7, 11) is 0. The fourth-order valence-electron chi connectivity index (χ4n) is 1.72. The number of nitrogen functional groups attached to an aromatic ring is 1. The first-order valence-electron chi connectivity index (χ1n) is 5.94. The largest absolute Gasteiger partial charge is 0.457 e. The van der Waals surface area contributed by atoms with Crippen LogP contribution in [0.15, 0.2) is 40.9 Å². The first-order valence-corrected chi connectivity index (χ1v) is 7.11. The van der Waals surface area contributed by atoms with Gasteiger partial charge in [0.25, 0.3) is 0 Å². The molecule has 0 saturated carbocycles. The summed E-state index contributed by atoms with van der Waals surface area (Å²) in [6.45, 7) is 1.96. The van der Waals surface area contributed by atoms with E-state index in [9.17, 15) is 4.79 Å². The van der Waals surface area contributed by atoms with Gasteiger partial charge in [0, 0.05) is 20.7 Å². The van der Waals surface area contributed by atoms with Gasteiger partial charge in [-0.15, -0.1) is 0 Å². The van der Waals surface area contributed by atoms with Crippen molar-refractivity contribution < 1.29 is 9.53 Å². The molecule has 0 radical (unpaired) electrons. The number of carbonyl (C=O) groups excluding carboxylic acids is 1. The molecule has 0 amide bonds. The molecule has 0 heterocycles. The van der Waals surface area contributed by atoms with E-state index in [4.69, 9.17) is 22.1 Å². The number of carbonyl (C=O) groups is 1. The normalized spacial score (nSPS) is 10.3. The highest BCUT2D eigenvalue weighted by atomic mass is 79.9. The lowest BCUT2D eigenvalue weighted by molar-refractivity contribution is 0.0472. The van der Waals surface area contributed by atoms with Crippen molar-refractivity contribution in [1.29, 1.82) is 0 Å². The lowest BCUT2D eigenvalue weighted by atomic mass is 10.1. The summed E-state index contributed by atoms with van der Waals surface area (Å²) in [5.74, 6) is -0.409. The Hall–Kier alpha value is -1.52. The Morgan fingerprint density at radius 3 is 2.75 bits per heavy atom. The van der Waals surface area contributed by atoms with Crippen LogP contribution in [0.5, 0.6) is 0 Å². The van der Waals surface area contributed by atoms with Gasteiger partial charge in [-0.2, -0.15) is 0 Å². The Morgan fingerprint density at radius 2 is 2.05 bits per heavy atom. The molecule has 0 aliphatic rings. The van der Waals surface area contributed by atoms with Gasteiger partial charge in [-0.05, 0) is 36.8 Å². The van der Waals surface area contributed by atoms with Crippen molar-refractivity contribution >= 4 is 39.2 Å². The molecule has 0 bridgehead atoms. The van der Waals surface area contributed by atoms with E-state index in [1.54, 1.807) is 24.3 Å². The van der Waals surface area contributed by atoms with E-state index in [1.165, 1.54) is 0 Å². The van der Waals surface area contributed by atoms with Crippen LogP contribution in [0.2, 0.25) is 5.02 Å². The third kappa shape index (κ3) is 3.52. The summed E-state index contributed by atoms with van der Waals surface area (Å²) in [6.07, 6.45) is 0. The molecule has 0 aliphatic carbocycles. The highest BCUT2D eigenvalue weighted by molar-refractivity contribution is 9.10. The van der Waals surface area contributed by atoms with Gasteiger partial charge in [0.05, 0.1) is 5.56 Å². The Morgan fingerprint density at radius 1 is 1.30 bits per heavy atom. The topological polar surface area (TPSA) is 52.3 Å². The van der Waals surface area contributed by atoms with Crippen molar-refractivity contribution in [1.82, 2.24) is 0 Å². The molecule has 0 fully saturated rings. The van der Waals surface area contributed by atoms with Crippen molar-refractivity contribution in [2.24, 2.45) is 0 Å². The van der Waals surface area contributed by atoms with E-state index in [-0.39, 0.29) is 6.61 Å². The number of aryl methyl sites for hydroxylation is 1. The highest BCUT2D eigenvalue weighted by Crippen LogP contribution is 2.22. The lowest BCUT2D eigenvalue weighted by Gasteiger charge is -2.09. The number of rotatable bonds is 3. The van der Waals surface area contributed by atoms with E-state index in [0.717, 1.165) is 15.6 Å². The summed E-state index contributed by atoms with van der Waals surface area (Å²) in [6, 6.07) is 10.6. The fourth-order valence-corrected chi connectivity index (χ4v) is 2.45. The van der Waals surface area contributed by atoms with E-state index in [0.29, 0.717) is 16.3 Å². The molecule has 5 heteroatoms. The van der Waals surface area contributed by atoms with E-state index < -0.39 is 5.97 Å². The molecule has 0 unspecified atom stereocenters. The maximum atomic E-state index is 12.0. The summed E-state index contributed by atoms with van der Waals surface area (Å²) in [5.41, 5.74) is 8.26. The molecule has 20 heavy (non-hydrogen) atoms. The van der Waals surface area contributed by atoms with Crippen LogP contribution in [0.4, 0.5) is 5.69 Å². The maximum absolute atomic E-state index is 12.0. The zero-order valence-electron chi connectivity index (χ0n) is 10.8. The minimum atomic E-state index is -0.409. The van der Waals surface area contributed by atoms with Crippen molar-refractivity contribution in [3.05, 3.63) is 62.6 Å². The van der Waals surface area contributed by atoms with E-state index in [2.05, 4.69) is 15.9 Å². The van der Waals surface area contributed by atoms with Crippen LogP contribution in [-0.2, 0) is 11.3 Å². The van der Waals surface area contributed by atoms with Crippen LogP contribution in [0.3, 0.4) is 0 Å². The number of benzene rings is 2. The fraction of sp³-hybridized carbons (Fsp3) is 0.133. The predicted octanol–water partition coefficient (Wildman–Crippen LogP) is 4.35. The zero-order valence-corrected chi connectivity index (χ0v) is 13.2. The van der Waals surface area contributed by atoms with Crippen molar-refractivity contribution in [2.75, 3.05) is 5.73 Å². The predicted molar refractivity (Wildman–Crippen MR) is 83.9 cm³/mol. The Bertz CT molecular complexity index is 658. The molecule has 2 N–H and O–H groups in total. The Kier molecular flexibility index (Phi) is 4.68. The zero-order chi connectivity index (χ0) is 14.7. The second kappa shape index (κ2) is 6.29. The van der Waals surface area contributed by atoms with Gasteiger partial charge in [-0.3, -0.25) is 0 Å². The third-order valence-electron chi connectivity index (χ3n) is 2.86. The van der Waals surface area contributed by atoms with Gasteiger partial charge in [0.15, 0.2) is 0 Å². The maximum Gasteiger partial charge on any atom is 0.338 e. The lowest BCUT2D eigenvalue weighted by Crippen LogP contribution is -2.08. The number of hydrogen-bond donors (Lipinski definition) is 1. The van der Waals surface area contributed by atoms with Crippen LogP contribution in [0.1, 0.15) is 21.5 Å². The SMILES string of the molecule is Cc1ccc(N)cc1C(=O)OCc1ccc(Br)cc1Cl. The molecule has 104 valence electrons. The molecular formula is C15H13BrClNO2. The Balaban J connectivity index is 2.10. The van der Waals surface area contributed by atoms with E-state index in [1.807, 2.05) is 19.1 Å². The van der Waals surface area contributed by atoms with Crippen LogP contribution in [0, 0.1) is 6.92 Å². The summed E-state index contributed by atoms with van der Waals surface area (Å²) in [5, 5.41) is 0.552. The first kappa shape index (κ1) is 14.9. The molecule has 0 aromatic heterocycles. The minimum Gasteiger partial charge on any atom is -0.457 e. The molecule has 0 aliphatic heterocycles. The van der Waals surface area contributed by atoms with Gasteiger partial charge in [0.2, 0.25) is 0 Å². The number of esters is 1. The minimum absolute atomic E-state index is 0.124. The van der Waals surface area contributed by atoms with Crippen molar-refractivity contribution in [3.63, 3.8) is 0 Å². The first-order chi connectivity index (χ1) is 9.47. The van der Waals surface area contributed by atoms with Gasteiger partial charge in [-0.25, -0.2) is 4.79 Å². The van der Waals surface area contributed by atoms with Crippen LogP contribution in [-0.4, -0.2) is 5.97 Å². The number of hydrogen-bond acceptors (Lipinski definition) is 3. The van der Waals surface area contributed by atoms with Gasteiger partial charge >= 0.3 is 5.97 Å². The summed E-state index contributed by atoms with van der Waals surface area (Å²) in [4.78, 5) is 12.0. The van der Waals surface area contributed by atoms with Gasteiger partial charge < -0.3 is 10.5 Å². The van der Waals surface area contributed by atoms with Crippen molar-refractivity contribution in [2.45, 2.75) is 13.5 Å². The average molecular weight is 355 g/mol. The summed E-state index contributed by atoms with van der Waals surface area (Å²) < 4.78 is 6.16. The number of nitrogens with two attached hydrogens (primary N) is 1. The van der Waals surface area contributed by atoms with Gasteiger partial charge in [0.1, 0.15) is 6.61 Å². The monoisotopic (exact) mass is 353 g/mol. The second-order valence-corrected chi connectivity index (χ2v) is 5.71. The molecule has 2 aromatic rings. The molecule has 3 nitrogen and oxygen atoms in total. The number of halogens is 2. The molecular weight excluding hydrogens is 342 g/mol. The van der Waals surface area contributed by atoms with Crippen LogP contribution in [0.25, 0.3) is 0 Å². The van der Waals surface area contributed by atoms with E-state index >= 15 is 0 Å². The molecule has 2 aromatic carbocycles. The second-order valence-electron chi connectivity index (χ2n) is 4.39. The smallest absolute Gasteiger partial charge is 0.338 e. The van der Waals surface area contributed by atoms with Crippen LogP contribution >= 0.6 is 27.5 Å². The number of ether oxygens (including phenoxy) is 1. The third-order valence-corrected chi connectivity index (χ3v) is 3.70. The highest BCUT2D eigenvalue weighted by Gasteiger charge is 2.12. The molecule has 0 saturated heterocycles. The average Bonchev–Trinajstić information content (AvgIpc) is 2.40. The molecule has 0 atom stereocenters. The summed E-state index contributed by atoms with van der Waals surface area (Å²) >= 11 is 9.40. The quantitative estimate of drug-likeness (QED) is 0.658. The van der Waals surface area contributed by atoms with Crippen LogP contribution < -0.4 is 5.73 Å². The number of anilines is 1. The standard InChI is InChI=1S/C15H13BrClNO2/c1-9-2-5-12(18)7-13(9)15(19)20-8-10-3-4-11(16)6-14(10)17/h2-7H,8,18H2,1H3. The molecule has 2 rings (SSSR count). The van der Waals surface area contributed by atoms with Gasteiger partial charge in [-0.1, -0.05) is 39.7 Å². The van der Waals surface area contributed by atoms with Crippen molar-refractivity contribution in [3.8, 4) is 0 Å². The Labute approximate surface area is 130 Å².